The predicted molar refractivity (Wildman–Crippen MR) is 148 cm³/mol. The number of hydrogen-bond acceptors (Lipinski definition) is 7. The highest BCUT2D eigenvalue weighted by atomic mass is 32.2. The molecule has 4 rings (SSSR count). The number of methoxy groups -OCH3 is 1. The minimum Gasteiger partial charge on any atom is -0.497 e. The molecule has 0 aliphatic rings. The summed E-state index contributed by atoms with van der Waals surface area (Å²) in [6.45, 7) is 5.12. The zero-order valence-corrected chi connectivity index (χ0v) is 23.1. The highest BCUT2D eigenvalue weighted by Gasteiger charge is 2.25. The standard InChI is InChI=1S/C27H29N5O4S2/c1-18-8-12-23(13-9-18)32-26(29-30-27(32)37-17-21-6-5-7-24(16-21)36-4)19(2)31-38(34,35)25-14-10-22(11-15-25)28-20(3)33/h5-16,19,31H,17H2,1-4H3,(H,28,33). The van der Waals surface area contributed by atoms with Crippen LogP contribution in [-0.4, -0.2) is 36.2 Å². The fourth-order valence-electron chi connectivity index (χ4n) is 3.78. The van der Waals surface area contributed by atoms with Crippen molar-refractivity contribution in [2.75, 3.05) is 12.4 Å². The molecular weight excluding hydrogens is 522 g/mol. The second kappa shape index (κ2) is 11.8. The van der Waals surface area contributed by atoms with E-state index in [2.05, 4.69) is 20.2 Å². The van der Waals surface area contributed by atoms with Gasteiger partial charge in [-0.3, -0.25) is 9.36 Å². The number of nitrogens with one attached hydrogen (secondary N) is 2. The van der Waals surface area contributed by atoms with E-state index in [4.69, 9.17) is 4.74 Å². The van der Waals surface area contributed by atoms with Crippen molar-refractivity contribution in [3.63, 3.8) is 0 Å². The molecule has 38 heavy (non-hydrogen) atoms. The van der Waals surface area contributed by atoms with E-state index < -0.39 is 16.1 Å². The molecule has 1 aromatic heterocycles. The Morgan fingerprint density at radius 2 is 1.76 bits per heavy atom. The van der Waals surface area contributed by atoms with E-state index in [9.17, 15) is 13.2 Å². The number of carbonyl (C=O) groups excluding carboxylic acids is 1. The number of benzene rings is 3. The first-order valence-corrected chi connectivity index (χ1v) is 14.3. The number of thioether (sulfide) groups is 1. The normalized spacial score (nSPS) is 12.2. The van der Waals surface area contributed by atoms with Crippen LogP contribution in [-0.2, 0) is 20.6 Å². The van der Waals surface area contributed by atoms with Gasteiger partial charge < -0.3 is 10.1 Å². The summed E-state index contributed by atoms with van der Waals surface area (Å²) in [5.41, 5.74) is 3.51. The lowest BCUT2D eigenvalue weighted by Gasteiger charge is -2.17. The van der Waals surface area contributed by atoms with Gasteiger partial charge in [-0.25, -0.2) is 13.1 Å². The topological polar surface area (TPSA) is 115 Å². The SMILES string of the molecule is COc1cccc(CSc2nnc(C(C)NS(=O)(=O)c3ccc(NC(C)=O)cc3)n2-c2ccc(C)cc2)c1. The van der Waals surface area contributed by atoms with Gasteiger partial charge in [-0.1, -0.05) is 41.6 Å². The van der Waals surface area contributed by atoms with E-state index in [-0.39, 0.29) is 10.8 Å². The first-order valence-electron chi connectivity index (χ1n) is 11.8. The van der Waals surface area contributed by atoms with Gasteiger partial charge in [0.05, 0.1) is 18.0 Å². The smallest absolute Gasteiger partial charge is 0.241 e. The number of rotatable bonds is 10. The Morgan fingerprint density at radius 3 is 2.42 bits per heavy atom. The average molecular weight is 552 g/mol. The minimum absolute atomic E-state index is 0.0764. The van der Waals surface area contributed by atoms with Crippen LogP contribution >= 0.6 is 11.8 Å². The molecule has 0 aliphatic heterocycles. The molecule has 0 saturated carbocycles. The van der Waals surface area contributed by atoms with Gasteiger partial charge in [0.2, 0.25) is 15.9 Å². The van der Waals surface area contributed by atoms with Crippen LogP contribution in [0.25, 0.3) is 5.69 Å². The first kappa shape index (κ1) is 27.4. The van der Waals surface area contributed by atoms with E-state index in [1.807, 2.05) is 60.0 Å². The van der Waals surface area contributed by atoms with Gasteiger partial charge in [0.15, 0.2) is 11.0 Å². The van der Waals surface area contributed by atoms with Gasteiger partial charge in [0.25, 0.3) is 0 Å². The average Bonchev–Trinajstić information content (AvgIpc) is 3.32. The molecule has 0 fully saturated rings. The number of sulfonamides is 1. The molecule has 1 atom stereocenters. The van der Waals surface area contributed by atoms with Crippen molar-refractivity contribution >= 4 is 33.4 Å². The minimum atomic E-state index is -3.88. The fourth-order valence-corrected chi connectivity index (χ4v) is 5.88. The second-order valence-corrected chi connectivity index (χ2v) is 11.4. The number of aromatic nitrogens is 3. The van der Waals surface area contributed by atoms with Crippen LogP contribution < -0.4 is 14.8 Å². The zero-order chi connectivity index (χ0) is 27.3. The molecule has 1 heterocycles. The summed E-state index contributed by atoms with van der Waals surface area (Å²) in [5.74, 6) is 1.63. The van der Waals surface area contributed by atoms with Crippen LogP contribution in [0.15, 0.2) is 82.8 Å². The summed E-state index contributed by atoms with van der Waals surface area (Å²) in [6.07, 6.45) is 0. The summed E-state index contributed by atoms with van der Waals surface area (Å²) < 4.78 is 36.2. The van der Waals surface area contributed by atoms with E-state index in [1.165, 1.54) is 30.8 Å². The molecule has 1 unspecified atom stereocenters. The van der Waals surface area contributed by atoms with Crippen molar-refractivity contribution in [3.8, 4) is 11.4 Å². The van der Waals surface area contributed by atoms with Crippen LogP contribution in [0.4, 0.5) is 5.69 Å². The molecule has 2 N–H and O–H groups in total. The number of ether oxygens (including phenoxy) is 1. The lowest BCUT2D eigenvalue weighted by atomic mass is 10.2. The van der Waals surface area contributed by atoms with Gasteiger partial charge in [-0.2, -0.15) is 0 Å². The van der Waals surface area contributed by atoms with Crippen molar-refractivity contribution in [1.82, 2.24) is 19.5 Å². The summed E-state index contributed by atoms with van der Waals surface area (Å²) >= 11 is 1.50. The Bertz CT molecular complexity index is 1520. The Hall–Kier alpha value is -3.67. The maximum absolute atomic E-state index is 13.1. The molecule has 0 bridgehead atoms. The molecule has 1 amide bonds. The molecule has 9 nitrogen and oxygen atoms in total. The van der Waals surface area contributed by atoms with E-state index >= 15 is 0 Å². The molecule has 198 valence electrons. The molecule has 3 aromatic carbocycles. The Balaban J connectivity index is 1.61. The number of anilines is 1. The summed E-state index contributed by atoms with van der Waals surface area (Å²) in [7, 11) is -2.25. The number of nitrogens with zero attached hydrogens (tertiary/aromatic N) is 3. The lowest BCUT2D eigenvalue weighted by Crippen LogP contribution is -2.28. The molecule has 4 aromatic rings. The monoisotopic (exact) mass is 551 g/mol. The van der Waals surface area contributed by atoms with Gasteiger partial charge in [0.1, 0.15) is 5.75 Å². The summed E-state index contributed by atoms with van der Waals surface area (Å²) in [5, 5.41) is 12.0. The molecule has 11 heteroatoms. The van der Waals surface area contributed by atoms with Crippen LogP contribution in [0.3, 0.4) is 0 Å². The van der Waals surface area contributed by atoms with Gasteiger partial charge in [0, 0.05) is 24.1 Å². The Kier molecular flexibility index (Phi) is 8.50. The predicted octanol–water partition coefficient (Wildman–Crippen LogP) is 4.87. The van der Waals surface area contributed by atoms with Crippen molar-refractivity contribution in [1.29, 1.82) is 0 Å². The first-order chi connectivity index (χ1) is 18.2. The summed E-state index contributed by atoms with van der Waals surface area (Å²) in [6, 6.07) is 21.0. The van der Waals surface area contributed by atoms with Gasteiger partial charge in [-0.15, -0.1) is 10.2 Å². The second-order valence-electron chi connectivity index (χ2n) is 8.70. The molecule has 0 radical (unpaired) electrons. The van der Waals surface area contributed by atoms with E-state index in [1.54, 1.807) is 26.2 Å². The Labute approximate surface area is 226 Å². The van der Waals surface area contributed by atoms with Gasteiger partial charge in [-0.05, 0) is 67.9 Å². The lowest BCUT2D eigenvalue weighted by molar-refractivity contribution is -0.114. The third kappa shape index (κ3) is 6.60. The van der Waals surface area contributed by atoms with Crippen molar-refractivity contribution in [3.05, 3.63) is 89.7 Å². The molecular formula is C27H29N5O4S2. The molecule has 0 aliphatic carbocycles. The zero-order valence-electron chi connectivity index (χ0n) is 21.5. The number of amides is 1. The van der Waals surface area contributed by atoms with Crippen molar-refractivity contribution < 1.29 is 17.9 Å². The quantitative estimate of drug-likeness (QED) is 0.270. The highest BCUT2D eigenvalue weighted by Crippen LogP contribution is 2.29. The van der Waals surface area contributed by atoms with Crippen LogP contribution in [0.2, 0.25) is 0 Å². The van der Waals surface area contributed by atoms with Crippen LogP contribution in [0, 0.1) is 6.92 Å². The maximum atomic E-state index is 13.1. The van der Waals surface area contributed by atoms with E-state index in [0.29, 0.717) is 22.4 Å². The number of aryl methyl sites for hydroxylation is 1. The van der Waals surface area contributed by atoms with Gasteiger partial charge >= 0.3 is 0 Å². The fraction of sp³-hybridized carbons (Fsp3) is 0.222. The molecule has 0 saturated heterocycles. The van der Waals surface area contributed by atoms with Crippen molar-refractivity contribution in [2.24, 2.45) is 0 Å². The number of carbonyl (C=O) groups is 1. The van der Waals surface area contributed by atoms with Crippen LogP contribution in [0.5, 0.6) is 5.75 Å². The number of hydrogen-bond donors (Lipinski definition) is 2. The van der Waals surface area contributed by atoms with E-state index in [0.717, 1.165) is 22.6 Å². The summed E-state index contributed by atoms with van der Waals surface area (Å²) in [4.78, 5) is 11.3. The highest BCUT2D eigenvalue weighted by molar-refractivity contribution is 7.98. The Morgan fingerprint density at radius 1 is 1.05 bits per heavy atom. The third-order valence-electron chi connectivity index (χ3n) is 5.66. The van der Waals surface area contributed by atoms with Crippen molar-refractivity contribution in [2.45, 2.75) is 42.6 Å². The largest absolute Gasteiger partial charge is 0.497 e. The van der Waals surface area contributed by atoms with Crippen LogP contribution in [0.1, 0.15) is 36.8 Å². The maximum Gasteiger partial charge on any atom is 0.241 e. The molecule has 0 spiro atoms. The third-order valence-corrected chi connectivity index (χ3v) is 8.21.